The summed E-state index contributed by atoms with van der Waals surface area (Å²) in [6, 6.07) is 2.78. The minimum absolute atomic E-state index is 0.0725. The van der Waals surface area contributed by atoms with Gasteiger partial charge in [-0.3, -0.25) is 4.21 Å². The largest absolute Gasteiger partial charge is 0.483 e. The number of hydrogen-bond donors (Lipinski definition) is 0. The SMILES string of the molecule is Cc1cc(F)c(-c2cc(OCC(F)(F)F)c(Cl)cc2F)cc1S(=O)CC(F)(F)F. The molecule has 0 N–H and O–H groups in total. The maximum atomic E-state index is 14.4. The molecule has 0 amide bonds. The number of benzene rings is 2. The third-order valence-electron chi connectivity index (χ3n) is 3.51. The molecule has 2 aromatic carbocycles. The summed E-state index contributed by atoms with van der Waals surface area (Å²) in [7, 11) is -2.61. The van der Waals surface area contributed by atoms with Crippen molar-refractivity contribution in [2.75, 3.05) is 12.4 Å². The lowest BCUT2D eigenvalue weighted by Gasteiger charge is -2.15. The Bertz CT molecular complexity index is 940. The number of ether oxygens (including phenoxy) is 1. The van der Waals surface area contributed by atoms with Crippen LogP contribution in [0.15, 0.2) is 29.2 Å². The fourth-order valence-corrected chi connectivity index (χ4v) is 3.66. The summed E-state index contributed by atoms with van der Waals surface area (Å²) in [5.74, 6) is -4.57. The van der Waals surface area contributed by atoms with Crippen molar-refractivity contribution in [1.82, 2.24) is 0 Å². The van der Waals surface area contributed by atoms with Gasteiger partial charge in [-0.15, -0.1) is 0 Å². The second-order valence-corrected chi connectivity index (χ2v) is 7.70. The molecule has 12 heteroatoms. The number of rotatable bonds is 5. The zero-order valence-electron chi connectivity index (χ0n) is 14.4. The molecular formula is C17H11ClF8O2S. The normalized spacial score (nSPS) is 13.4. The summed E-state index contributed by atoms with van der Waals surface area (Å²) < 4.78 is 120. The zero-order valence-corrected chi connectivity index (χ0v) is 15.9. The molecule has 160 valence electrons. The highest BCUT2D eigenvalue weighted by Crippen LogP contribution is 2.37. The van der Waals surface area contributed by atoms with Crippen molar-refractivity contribution in [2.24, 2.45) is 0 Å². The summed E-state index contributed by atoms with van der Waals surface area (Å²) in [5, 5.41) is -0.524. The first-order chi connectivity index (χ1) is 13.2. The van der Waals surface area contributed by atoms with Gasteiger partial charge in [0, 0.05) is 16.0 Å². The smallest absolute Gasteiger partial charge is 0.422 e. The standard InChI is InChI=1S/C17H11ClF8O2S/c1-8-2-12(19)10(4-15(8)29(27)7-17(24,25)26)9-3-14(11(18)5-13(9)20)28-6-16(21,22)23/h2-5H,6-7H2,1H3. The fraction of sp³-hybridized carbons (Fsp3) is 0.294. The Kier molecular flexibility index (Phi) is 6.83. The molecule has 0 fully saturated rings. The topological polar surface area (TPSA) is 26.3 Å². The first kappa shape index (κ1) is 23.4. The Balaban J connectivity index is 2.53. The molecule has 0 saturated carbocycles. The third kappa shape index (κ3) is 6.30. The zero-order chi connectivity index (χ0) is 22.1. The van der Waals surface area contributed by atoms with Gasteiger partial charge >= 0.3 is 12.4 Å². The summed E-state index contributed by atoms with van der Waals surface area (Å²) >= 11 is 5.64. The van der Waals surface area contributed by atoms with Gasteiger partial charge in [-0.05, 0) is 36.8 Å². The summed E-state index contributed by atoms with van der Waals surface area (Å²) in [5.41, 5.74) is -1.29. The lowest BCUT2D eigenvalue weighted by Crippen LogP contribution is -2.19. The van der Waals surface area contributed by atoms with Crippen molar-refractivity contribution < 1.29 is 44.1 Å². The van der Waals surface area contributed by atoms with Crippen molar-refractivity contribution in [3.05, 3.63) is 46.5 Å². The van der Waals surface area contributed by atoms with E-state index in [2.05, 4.69) is 4.74 Å². The molecule has 2 nitrogen and oxygen atoms in total. The Morgan fingerprint density at radius 1 is 0.931 bits per heavy atom. The van der Waals surface area contributed by atoms with Crippen LogP contribution in [0, 0.1) is 18.6 Å². The predicted molar refractivity (Wildman–Crippen MR) is 90.4 cm³/mol. The van der Waals surface area contributed by atoms with Gasteiger partial charge in [-0.25, -0.2) is 8.78 Å². The van der Waals surface area contributed by atoms with Gasteiger partial charge in [0.15, 0.2) is 6.61 Å². The predicted octanol–water partition coefficient (Wildman–Crippen LogP) is 6.20. The highest BCUT2D eigenvalue weighted by Gasteiger charge is 2.32. The van der Waals surface area contributed by atoms with Crippen LogP contribution in [0.5, 0.6) is 5.75 Å². The van der Waals surface area contributed by atoms with Crippen LogP contribution in [-0.4, -0.2) is 28.9 Å². The van der Waals surface area contributed by atoms with Crippen LogP contribution in [0.2, 0.25) is 5.02 Å². The van der Waals surface area contributed by atoms with Gasteiger partial charge in [0.25, 0.3) is 0 Å². The number of hydrogen-bond acceptors (Lipinski definition) is 2. The van der Waals surface area contributed by atoms with Crippen LogP contribution in [0.3, 0.4) is 0 Å². The van der Waals surface area contributed by atoms with Crippen LogP contribution in [-0.2, 0) is 10.8 Å². The van der Waals surface area contributed by atoms with E-state index in [-0.39, 0.29) is 5.56 Å². The van der Waals surface area contributed by atoms with Gasteiger partial charge in [0.2, 0.25) is 0 Å². The van der Waals surface area contributed by atoms with Crippen LogP contribution >= 0.6 is 11.6 Å². The quantitative estimate of drug-likeness (QED) is 0.490. The molecule has 0 aromatic heterocycles. The molecule has 0 saturated heterocycles. The molecular weight excluding hydrogens is 456 g/mol. The van der Waals surface area contributed by atoms with E-state index in [0.717, 1.165) is 12.1 Å². The van der Waals surface area contributed by atoms with E-state index in [9.17, 15) is 39.3 Å². The van der Waals surface area contributed by atoms with Crippen molar-refractivity contribution in [3.63, 3.8) is 0 Å². The minimum Gasteiger partial charge on any atom is -0.483 e. The van der Waals surface area contributed by atoms with E-state index in [1.165, 1.54) is 6.92 Å². The first-order valence-corrected chi connectivity index (χ1v) is 9.32. The lowest BCUT2D eigenvalue weighted by atomic mass is 10.0. The van der Waals surface area contributed by atoms with E-state index < -0.39 is 73.9 Å². The molecule has 0 bridgehead atoms. The molecule has 29 heavy (non-hydrogen) atoms. The van der Waals surface area contributed by atoms with E-state index in [1.54, 1.807) is 0 Å². The van der Waals surface area contributed by atoms with Gasteiger partial charge in [-0.2, -0.15) is 26.3 Å². The van der Waals surface area contributed by atoms with Crippen LogP contribution in [0.25, 0.3) is 11.1 Å². The number of aryl methyl sites for hydroxylation is 1. The van der Waals surface area contributed by atoms with Gasteiger partial charge in [-0.1, -0.05) is 11.6 Å². The van der Waals surface area contributed by atoms with Crippen molar-refractivity contribution >= 4 is 22.4 Å². The highest BCUT2D eigenvalue weighted by molar-refractivity contribution is 7.85. The van der Waals surface area contributed by atoms with E-state index >= 15 is 0 Å². The molecule has 2 aromatic rings. The Labute approximate surface area is 166 Å². The average molecular weight is 467 g/mol. The van der Waals surface area contributed by atoms with Crippen molar-refractivity contribution in [1.29, 1.82) is 0 Å². The molecule has 0 heterocycles. The van der Waals surface area contributed by atoms with Crippen molar-refractivity contribution in [2.45, 2.75) is 24.2 Å². The van der Waals surface area contributed by atoms with Crippen LogP contribution in [0.4, 0.5) is 35.1 Å². The molecule has 0 radical (unpaired) electrons. The van der Waals surface area contributed by atoms with E-state index in [1.807, 2.05) is 0 Å². The van der Waals surface area contributed by atoms with E-state index in [0.29, 0.717) is 12.1 Å². The second-order valence-electron chi connectivity index (χ2n) is 5.87. The molecule has 0 aliphatic heterocycles. The summed E-state index contributed by atoms with van der Waals surface area (Å²) in [6.45, 7) is -0.540. The molecule has 1 atom stereocenters. The highest BCUT2D eigenvalue weighted by atomic mass is 35.5. The molecule has 0 spiro atoms. The first-order valence-electron chi connectivity index (χ1n) is 7.62. The molecule has 0 aliphatic carbocycles. The Hall–Kier alpha value is -1.88. The molecule has 2 rings (SSSR count). The van der Waals surface area contributed by atoms with Gasteiger partial charge < -0.3 is 4.74 Å². The van der Waals surface area contributed by atoms with Crippen molar-refractivity contribution in [3.8, 4) is 16.9 Å². The third-order valence-corrected chi connectivity index (χ3v) is 5.32. The maximum absolute atomic E-state index is 14.4. The number of alkyl halides is 6. The summed E-state index contributed by atoms with van der Waals surface area (Å²) in [4.78, 5) is -0.397. The van der Waals surface area contributed by atoms with Gasteiger partial charge in [0.05, 0.1) is 15.8 Å². The van der Waals surface area contributed by atoms with Crippen LogP contribution in [0.1, 0.15) is 5.56 Å². The molecule has 0 aliphatic rings. The fourth-order valence-electron chi connectivity index (χ4n) is 2.34. The molecule has 1 unspecified atom stereocenters. The summed E-state index contributed by atoms with van der Waals surface area (Å²) in [6.07, 6.45) is -9.50. The van der Waals surface area contributed by atoms with Crippen LogP contribution < -0.4 is 4.74 Å². The minimum atomic E-state index is -4.77. The average Bonchev–Trinajstić information content (AvgIpc) is 2.52. The maximum Gasteiger partial charge on any atom is 0.422 e. The Morgan fingerprint density at radius 3 is 2.03 bits per heavy atom. The second kappa shape index (κ2) is 8.47. The Morgan fingerprint density at radius 2 is 1.48 bits per heavy atom. The van der Waals surface area contributed by atoms with Gasteiger partial charge in [0.1, 0.15) is 23.1 Å². The van der Waals surface area contributed by atoms with E-state index in [4.69, 9.17) is 11.6 Å². The monoisotopic (exact) mass is 466 g/mol. The number of halogens is 9. The lowest BCUT2D eigenvalue weighted by molar-refractivity contribution is -0.153.